The van der Waals surface area contributed by atoms with Gasteiger partial charge in [-0.15, -0.1) is 11.8 Å². The molecule has 1 amide bonds. The number of anilines is 2. The molecule has 0 bridgehead atoms. The fourth-order valence-electron chi connectivity index (χ4n) is 3.76. The van der Waals surface area contributed by atoms with Crippen LogP contribution in [0.4, 0.5) is 11.4 Å². The van der Waals surface area contributed by atoms with E-state index in [1.54, 1.807) is 24.3 Å². The van der Waals surface area contributed by atoms with Crippen molar-refractivity contribution < 1.29 is 14.7 Å². The highest BCUT2D eigenvalue weighted by Crippen LogP contribution is 2.41. The molecule has 1 unspecified atom stereocenters. The van der Waals surface area contributed by atoms with E-state index < -0.39 is 5.97 Å². The van der Waals surface area contributed by atoms with Gasteiger partial charge in [0.25, 0.3) is 5.91 Å². The van der Waals surface area contributed by atoms with E-state index in [0.29, 0.717) is 23.5 Å². The highest BCUT2D eigenvalue weighted by atomic mass is 32.2. The van der Waals surface area contributed by atoms with Gasteiger partial charge >= 0.3 is 5.97 Å². The second-order valence-electron chi connectivity index (χ2n) is 8.46. The minimum atomic E-state index is -0.885. The van der Waals surface area contributed by atoms with E-state index in [1.165, 1.54) is 11.8 Å². The predicted molar refractivity (Wildman–Crippen MR) is 154 cm³/mol. The van der Waals surface area contributed by atoms with Crippen LogP contribution in [0.15, 0.2) is 119 Å². The maximum absolute atomic E-state index is 13.1. The average Bonchev–Trinajstić information content (AvgIpc) is 2.93. The van der Waals surface area contributed by atoms with Crippen molar-refractivity contribution in [3.63, 3.8) is 0 Å². The van der Waals surface area contributed by atoms with Crippen LogP contribution in [-0.4, -0.2) is 22.9 Å². The number of nitrogens with two attached hydrogens (primary N) is 1. The number of para-hydroxylation sites is 1. The number of carbonyl (C=O) groups excluding carboxylic acids is 1. The monoisotopic (exact) mass is 524 g/mol. The van der Waals surface area contributed by atoms with Crippen LogP contribution in [0.5, 0.6) is 0 Å². The number of thioether (sulfide) groups is 1. The highest BCUT2D eigenvalue weighted by molar-refractivity contribution is 7.99. The van der Waals surface area contributed by atoms with E-state index in [1.807, 2.05) is 84.9 Å². The van der Waals surface area contributed by atoms with E-state index in [-0.39, 0.29) is 23.5 Å². The number of carboxylic acids is 1. The van der Waals surface area contributed by atoms with Gasteiger partial charge in [0.05, 0.1) is 18.7 Å². The number of rotatable bonds is 10. The minimum Gasteiger partial charge on any atom is -0.481 e. The Morgan fingerprint density at radius 2 is 1.53 bits per heavy atom. The third-order valence-electron chi connectivity index (χ3n) is 5.61. The fourth-order valence-corrected chi connectivity index (χ4v) is 4.99. The number of guanidine groups is 1. The Morgan fingerprint density at radius 3 is 2.26 bits per heavy atom. The number of hydrogen-bond donors (Lipinski definition) is 4. The zero-order chi connectivity index (χ0) is 26.7. The highest BCUT2D eigenvalue weighted by Gasteiger charge is 2.19. The van der Waals surface area contributed by atoms with Crippen molar-refractivity contribution in [2.24, 2.45) is 10.7 Å². The summed E-state index contributed by atoms with van der Waals surface area (Å²) in [6.45, 7) is 0.445. The molecule has 0 saturated carbocycles. The summed E-state index contributed by atoms with van der Waals surface area (Å²) in [7, 11) is 0. The zero-order valence-corrected chi connectivity index (χ0v) is 21.4. The summed E-state index contributed by atoms with van der Waals surface area (Å²) < 4.78 is 0. The zero-order valence-electron chi connectivity index (χ0n) is 20.6. The summed E-state index contributed by atoms with van der Waals surface area (Å²) in [6.07, 6.45) is -0.0437. The van der Waals surface area contributed by atoms with Gasteiger partial charge in [-0.05, 0) is 41.5 Å². The molecule has 0 fully saturated rings. The first kappa shape index (κ1) is 26.5. The normalized spacial score (nSPS) is 11.9. The maximum atomic E-state index is 13.1. The van der Waals surface area contributed by atoms with Gasteiger partial charge in [-0.1, -0.05) is 78.9 Å². The molecule has 4 rings (SSSR count). The molecule has 4 aromatic rings. The largest absolute Gasteiger partial charge is 0.481 e. The number of aliphatic carboxylic acids is 1. The van der Waals surface area contributed by atoms with Gasteiger partial charge in [0, 0.05) is 21.4 Å². The Kier molecular flexibility index (Phi) is 9.15. The third-order valence-corrected chi connectivity index (χ3v) is 6.94. The number of aliphatic imine (C=N–C) groups is 1. The van der Waals surface area contributed by atoms with Crippen molar-refractivity contribution in [1.29, 1.82) is 0 Å². The number of amides is 1. The van der Waals surface area contributed by atoms with Crippen LogP contribution in [0.3, 0.4) is 0 Å². The van der Waals surface area contributed by atoms with Crippen molar-refractivity contribution in [2.45, 2.75) is 23.1 Å². The van der Waals surface area contributed by atoms with Gasteiger partial charge in [-0.3, -0.25) is 9.59 Å². The standard InChI is InChI=1S/C30H28N4O3S/c31-30(32-20-21-10-3-1-4-11-21)33-24-15-9-14-23(18-24)29(37)34-25-16-7-8-17-26(25)38-27(19-28(35)36)22-12-5-2-6-13-22/h1-18,27H,19-20H2,(H,34,37)(H,35,36)(H3,31,32,33). The molecule has 1 atom stereocenters. The van der Waals surface area contributed by atoms with E-state index in [9.17, 15) is 14.7 Å². The summed E-state index contributed by atoms with van der Waals surface area (Å²) >= 11 is 1.41. The first-order chi connectivity index (χ1) is 18.5. The quantitative estimate of drug-likeness (QED) is 0.112. The lowest BCUT2D eigenvalue weighted by molar-refractivity contribution is -0.137. The summed E-state index contributed by atoms with van der Waals surface area (Å²) in [5, 5.41) is 15.2. The molecule has 0 spiro atoms. The molecule has 0 aliphatic heterocycles. The maximum Gasteiger partial charge on any atom is 0.304 e. The van der Waals surface area contributed by atoms with Crippen LogP contribution in [0.25, 0.3) is 0 Å². The van der Waals surface area contributed by atoms with Crippen molar-refractivity contribution in [3.05, 3.63) is 126 Å². The Morgan fingerprint density at radius 1 is 0.842 bits per heavy atom. The van der Waals surface area contributed by atoms with Crippen LogP contribution in [0.2, 0.25) is 0 Å². The number of hydrogen-bond acceptors (Lipinski definition) is 4. The smallest absolute Gasteiger partial charge is 0.304 e. The van der Waals surface area contributed by atoms with E-state index in [0.717, 1.165) is 16.0 Å². The number of carbonyl (C=O) groups is 2. The second-order valence-corrected chi connectivity index (χ2v) is 9.70. The van der Waals surface area contributed by atoms with Crippen LogP contribution in [-0.2, 0) is 11.3 Å². The SMILES string of the molecule is NC(=NCc1ccccc1)Nc1cccc(C(=O)Nc2ccccc2SC(CC(=O)O)c2ccccc2)c1. The van der Waals surface area contributed by atoms with E-state index in [2.05, 4.69) is 15.6 Å². The van der Waals surface area contributed by atoms with Gasteiger partial charge in [-0.25, -0.2) is 4.99 Å². The van der Waals surface area contributed by atoms with Crippen molar-refractivity contribution in [3.8, 4) is 0 Å². The summed E-state index contributed by atoms with van der Waals surface area (Å²) in [6, 6.07) is 33.6. The molecule has 0 aliphatic rings. The van der Waals surface area contributed by atoms with E-state index in [4.69, 9.17) is 5.73 Å². The Labute approximate surface area is 225 Å². The summed E-state index contributed by atoms with van der Waals surface area (Å²) in [5.41, 5.74) is 9.68. The first-order valence-electron chi connectivity index (χ1n) is 12.0. The molecule has 0 aromatic heterocycles. The Hall–Kier alpha value is -4.56. The van der Waals surface area contributed by atoms with Gasteiger partial charge in [0.1, 0.15) is 0 Å². The lowest BCUT2D eigenvalue weighted by atomic mass is 10.1. The number of benzene rings is 4. The average molecular weight is 525 g/mol. The van der Waals surface area contributed by atoms with Crippen molar-refractivity contribution in [1.82, 2.24) is 0 Å². The van der Waals surface area contributed by atoms with Crippen LogP contribution in [0, 0.1) is 0 Å². The molecule has 5 N–H and O–H groups in total. The molecule has 7 nitrogen and oxygen atoms in total. The predicted octanol–water partition coefficient (Wildman–Crippen LogP) is 6.17. The molecule has 4 aromatic carbocycles. The van der Waals surface area contributed by atoms with Gasteiger partial charge in [-0.2, -0.15) is 0 Å². The van der Waals surface area contributed by atoms with E-state index >= 15 is 0 Å². The summed E-state index contributed by atoms with van der Waals surface area (Å²) in [5.74, 6) is -0.932. The van der Waals surface area contributed by atoms with Gasteiger partial charge in [0.2, 0.25) is 0 Å². The molecule has 192 valence electrons. The molecule has 38 heavy (non-hydrogen) atoms. The topological polar surface area (TPSA) is 117 Å². The third kappa shape index (κ3) is 7.72. The van der Waals surface area contributed by atoms with Crippen LogP contribution >= 0.6 is 11.8 Å². The Balaban J connectivity index is 1.46. The van der Waals surface area contributed by atoms with Gasteiger partial charge < -0.3 is 21.5 Å². The molecule has 0 radical (unpaired) electrons. The molecular formula is C30H28N4O3S. The lowest BCUT2D eigenvalue weighted by Crippen LogP contribution is -2.23. The molecule has 8 heteroatoms. The van der Waals surface area contributed by atoms with Gasteiger partial charge in [0.15, 0.2) is 5.96 Å². The molecular weight excluding hydrogens is 496 g/mol. The fraction of sp³-hybridized carbons (Fsp3) is 0.100. The minimum absolute atomic E-state index is 0.0437. The Bertz CT molecular complexity index is 1410. The first-order valence-corrected chi connectivity index (χ1v) is 12.9. The molecule has 0 saturated heterocycles. The van der Waals surface area contributed by atoms with Crippen LogP contribution in [0.1, 0.15) is 33.2 Å². The number of nitrogens with zero attached hydrogens (tertiary/aromatic N) is 1. The van der Waals surface area contributed by atoms with Crippen molar-refractivity contribution in [2.75, 3.05) is 10.6 Å². The lowest BCUT2D eigenvalue weighted by Gasteiger charge is -2.18. The van der Waals surface area contributed by atoms with Crippen LogP contribution < -0.4 is 16.4 Å². The summed E-state index contributed by atoms with van der Waals surface area (Å²) in [4.78, 5) is 29.8. The molecule has 0 aliphatic carbocycles. The molecule has 0 heterocycles. The second kappa shape index (κ2) is 13.1. The van der Waals surface area contributed by atoms with Crippen molar-refractivity contribution >= 4 is 41.0 Å². The number of nitrogens with one attached hydrogen (secondary N) is 2. The number of carboxylic acid groups (broad SMARTS) is 1.